The molecule has 0 saturated heterocycles. The summed E-state index contributed by atoms with van der Waals surface area (Å²) in [5.41, 5.74) is 6.56. The van der Waals surface area contributed by atoms with Gasteiger partial charge in [0.1, 0.15) is 5.75 Å². The fraction of sp³-hybridized carbons (Fsp3) is 0.333. The molecule has 0 N–H and O–H groups in total. The highest BCUT2D eigenvalue weighted by molar-refractivity contribution is 5.70. The SMILES string of the molecule is CCCc1c(OC)ccc(-c2ccc(C)cc2)c1C. The second-order valence-corrected chi connectivity index (χ2v) is 5.03. The van der Waals surface area contributed by atoms with E-state index in [1.165, 1.54) is 27.8 Å². The molecule has 19 heavy (non-hydrogen) atoms. The van der Waals surface area contributed by atoms with Gasteiger partial charge in [0.05, 0.1) is 7.11 Å². The molecule has 0 unspecified atom stereocenters. The monoisotopic (exact) mass is 254 g/mol. The maximum absolute atomic E-state index is 5.49. The Morgan fingerprint density at radius 2 is 1.63 bits per heavy atom. The molecule has 0 spiro atoms. The van der Waals surface area contributed by atoms with Crippen molar-refractivity contribution in [1.82, 2.24) is 0 Å². The van der Waals surface area contributed by atoms with E-state index in [9.17, 15) is 0 Å². The molecule has 2 rings (SSSR count). The molecule has 0 aromatic heterocycles. The molecule has 0 bridgehead atoms. The molecule has 0 heterocycles. The number of aryl methyl sites for hydroxylation is 1. The van der Waals surface area contributed by atoms with Gasteiger partial charge in [-0.25, -0.2) is 0 Å². The zero-order chi connectivity index (χ0) is 13.8. The molecule has 100 valence electrons. The van der Waals surface area contributed by atoms with E-state index in [1.54, 1.807) is 7.11 Å². The van der Waals surface area contributed by atoms with Crippen LogP contribution in [0.25, 0.3) is 11.1 Å². The molecule has 0 aliphatic rings. The van der Waals surface area contributed by atoms with Crippen LogP contribution in [0.15, 0.2) is 36.4 Å². The Bertz CT molecular complexity index is 553. The van der Waals surface area contributed by atoms with Gasteiger partial charge in [-0.3, -0.25) is 0 Å². The van der Waals surface area contributed by atoms with Crippen LogP contribution in [0.1, 0.15) is 30.0 Å². The van der Waals surface area contributed by atoms with Gasteiger partial charge in [-0.2, -0.15) is 0 Å². The molecule has 1 nitrogen and oxygen atoms in total. The van der Waals surface area contributed by atoms with E-state index in [4.69, 9.17) is 4.74 Å². The zero-order valence-corrected chi connectivity index (χ0v) is 12.3. The third-order valence-corrected chi connectivity index (χ3v) is 3.64. The van der Waals surface area contributed by atoms with Crippen LogP contribution in [0, 0.1) is 13.8 Å². The average molecular weight is 254 g/mol. The van der Waals surface area contributed by atoms with Crippen molar-refractivity contribution in [3.05, 3.63) is 53.1 Å². The summed E-state index contributed by atoms with van der Waals surface area (Å²) >= 11 is 0. The summed E-state index contributed by atoms with van der Waals surface area (Å²) in [5, 5.41) is 0. The van der Waals surface area contributed by atoms with E-state index in [-0.39, 0.29) is 0 Å². The highest BCUT2D eigenvalue weighted by atomic mass is 16.5. The number of methoxy groups -OCH3 is 1. The standard InChI is InChI=1S/C18H22O/c1-5-6-17-14(3)16(11-12-18(17)19-4)15-9-7-13(2)8-10-15/h7-12H,5-6H2,1-4H3. The summed E-state index contributed by atoms with van der Waals surface area (Å²) in [6.45, 7) is 6.52. The maximum atomic E-state index is 5.49. The zero-order valence-electron chi connectivity index (χ0n) is 12.3. The van der Waals surface area contributed by atoms with Crippen LogP contribution < -0.4 is 4.74 Å². The van der Waals surface area contributed by atoms with Crippen molar-refractivity contribution in [2.45, 2.75) is 33.6 Å². The van der Waals surface area contributed by atoms with Gasteiger partial charge in [0.15, 0.2) is 0 Å². The van der Waals surface area contributed by atoms with Crippen molar-refractivity contribution < 1.29 is 4.74 Å². The largest absolute Gasteiger partial charge is 0.496 e. The Kier molecular flexibility index (Phi) is 4.26. The Balaban J connectivity index is 2.52. The van der Waals surface area contributed by atoms with Gasteiger partial charge >= 0.3 is 0 Å². The third-order valence-electron chi connectivity index (χ3n) is 3.64. The minimum atomic E-state index is 1.01. The molecule has 0 fully saturated rings. The van der Waals surface area contributed by atoms with Crippen molar-refractivity contribution in [3.8, 4) is 16.9 Å². The van der Waals surface area contributed by atoms with Crippen LogP contribution in [0.4, 0.5) is 0 Å². The predicted molar refractivity (Wildman–Crippen MR) is 81.9 cm³/mol. The third kappa shape index (κ3) is 2.81. The van der Waals surface area contributed by atoms with Crippen molar-refractivity contribution >= 4 is 0 Å². The van der Waals surface area contributed by atoms with Crippen LogP contribution in [0.3, 0.4) is 0 Å². The maximum Gasteiger partial charge on any atom is 0.122 e. The molecular weight excluding hydrogens is 232 g/mol. The average Bonchev–Trinajstić information content (AvgIpc) is 2.42. The number of hydrogen-bond donors (Lipinski definition) is 0. The molecule has 1 heteroatoms. The van der Waals surface area contributed by atoms with Crippen LogP contribution in [0.2, 0.25) is 0 Å². The first-order valence-electron chi connectivity index (χ1n) is 6.91. The number of benzene rings is 2. The molecule has 0 aliphatic carbocycles. The lowest BCUT2D eigenvalue weighted by atomic mass is 9.93. The van der Waals surface area contributed by atoms with Gasteiger partial charge in [0.25, 0.3) is 0 Å². The summed E-state index contributed by atoms with van der Waals surface area (Å²) in [6.07, 6.45) is 2.20. The van der Waals surface area contributed by atoms with Gasteiger partial charge in [-0.05, 0) is 48.6 Å². The van der Waals surface area contributed by atoms with E-state index in [0.29, 0.717) is 0 Å². The van der Waals surface area contributed by atoms with Crippen LogP contribution >= 0.6 is 0 Å². The second kappa shape index (κ2) is 5.92. The highest BCUT2D eigenvalue weighted by Gasteiger charge is 2.11. The predicted octanol–water partition coefficient (Wildman–Crippen LogP) is 4.93. The van der Waals surface area contributed by atoms with Crippen molar-refractivity contribution in [3.63, 3.8) is 0 Å². The molecule has 2 aromatic rings. The van der Waals surface area contributed by atoms with Gasteiger partial charge in [-0.1, -0.05) is 49.2 Å². The topological polar surface area (TPSA) is 9.23 Å². The Morgan fingerprint density at radius 3 is 2.21 bits per heavy atom. The van der Waals surface area contributed by atoms with Crippen LogP contribution in [-0.4, -0.2) is 7.11 Å². The number of rotatable bonds is 4. The van der Waals surface area contributed by atoms with Gasteiger partial charge in [0.2, 0.25) is 0 Å². The normalized spacial score (nSPS) is 10.5. The molecule has 0 amide bonds. The van der Waals surface area contributed by atoms with E-state index >= 15 is 0 Å². The smallest absolute Gasteiger partial charge is 0.122 e. The van der Waals surface area contributed by atoms with E-state index in [0.717, 1.165) is 18.6 Å². The van der Waals surface area contributed by atoms with Crippen molar-refractivity contribution in [1.29, 1.82) is 0 Å². The van der Waals surface area contributed by atoms with E-state index < -0.39 is 0 Å². The molecule has 0 aliphatic heterocycles. The first-order chi connectivity index (χ1) is 9.17. The van der Waals surface area contributed by atoms with Crippen molar-refractivity contribution in [2.75, 3.05) is 7.11 Å². The summed E-state index contributed by atoms with van der Waals surface area (Å²) in [5.74, 6) is 1.01. The first kappa shape index (κ1) is 13.7. The summed E-state index contributed by atoms with van der Waals surface area (Å²) in [6, 6.07) is 13.0. The minimum Gasteiger partial charge on any atom is -0.496 e. The lowest BCUT2D eigenvalue weighted by Crippen LogP contribution is -1.97. The first-order valence-corrected chi connectivity index (χ1v) is 6.91. The summed E-state index contributed by atoms with van der Waals surface area (Å²) in [7, 11) is 1.75. The lowest BCUT2D eigenvalue weighted by Gasteiger charge is -2.15. The fourth-order valence-electron chi connectivity index (χ4n) is 2.53. The minimum absolute atomic E-state index is 1.01. The van der Waals surface area contributed by atoms with Gasteiger partial charge in [-0.15, -0.1) is 0 Å². The van der Waals surface area contributed by atoms with Gasteiger partial charge < -0.3 is 4.74 Å². The summed E-state index contributed by atoms with van der Waals surface area (Å²) in [4.78, 5) is 0. The molecule has 0 radical (unpaired) electrons. The Morgan fingerprint density at radius 1 is 0.947 bits per heavy atom. The summed E-state index contributed by atoms with van der Waals surface area (Å²) < 4.78 is 5.49. The van der Waals surface area contributed by atoms with E-state index in [1.807, 2.05) is 0 Å². The highest BCUT2D eigenvalue weighted by Crippen LogP contribution is 2.32. The van der Waals surface area contributed by atoms with Crippen LogP contribution in [-0.2, 0) is 6.42 Å². The second-order valence-electron chi connectivity index (χ2n) is 5.03. The quantitative estimate of drug-likeness (QED) is 0.751. The molecule has 0 saturated carbocycles. The molecule has 0 atom stereocenters. The molecule has 2 aromatic carbocycles. The van der Waals surface area contributed by atoms with Crippen molar-refractivity contribution in [2.24, 2.45) is 0 Å². The Hall–Kier alpha value is -1.76. The fourth-order valence-corrected chi connectivity index (χ4v) is 2.53. The van der Waals surface area contributed by atoms with Crippen LogP contribution in [0.5, 0.6) is 5.75 Å². The van der Waals surface area contributed by atoms with E-state index in [2.05, 4.69) is 57.2 Å². The number of ether oxygens (including phenoxy) is 1. The number of hydrogen-bond acceptors (Lipinski definition) is 1. The Labute approximate surface area is 116 Å². The van der Waals surface area contributed by atoms with Gasteiger partial charge in [0, 0.05) is 0 Å². The lowest BCUT2D eigenvalue weighted by molar-refractivity contribution is 0.409. The molecular formula is C18H22O.